The molecule has 12 rings (SSSR count). The maximum Gasteiger partial charge on any atom is 2.00 e. The first kappa shape index (κ1) is 86.6. The van der Waals surface area contributed by atoms with Gasteiger partial charge in [0.1, 0.15) is 0 Å². The molecule has 0 aliphatic carbocycles. The van der Waals surface area contributed by atoms with Gasteiger partial charge in [-0.3, -0.25) is 0 Å². The summed E-state index contributed by atoms with van der Waals surface area (Å²) in [6, 6.07) is 90.0. The molecule has 12 aromatic carbocycles. The van der Waals surface area contributed by atoms with Crippen LogP contribution < -0.4 is 46.0 Å². The molecule has 524 valence electrons. The van der Waals surface area contributed by atoms with E-state index in [0.717, 1.165) is 0 Å². The molecule has 0 aromatic heterocycles. The van der Waals surface area contributed by atoms with Crippen molar-refractivity contribution in [3.05, 3.63) is 243 Å². The van der Waals surface area contributed by atoms with Gasteiger partial charge in [0.25, 0.3) is 0 Å². The van der Waals surface area contributed by atoms with Crippen molar-refractivity contribution < 1.29 is 68.2 Å². The van der Waals surface area contributed by atoms with Crippen molar-refractivity contribution in [3.63, 3.8) is 0 Å². The Bertz CT molecular complexity index is 3550. The van der Waals surface area contributed by atoms with Gasteiger partial charge in [-0.15, -0.1) is 137 Å². The molecule has 0 atom stereocenters. The average molecular weight is 1510 g/mol. The van der Waals surface area contributed by atoms with Gasteiger partial charge < -0.3 is 24.8 Å². The molecule has 0 spiro atoms. The quantitative estimate of drug-likeness (QED) is 0.0224. The van der Waals surface area contributed by atoms with E-state index < -0.39 is 0 Å². The van der Waals surface area contributed by atoms with Crippen molar-refractivity contribution >= 4 is 96.0 Å². The van der Waals surface area contributed by atoms with Gasteiger partial charge in [-0.25, -0.2) is 0 Å². The van der Waals surface area contributed by atoms with Crippen molar-refractivity contribution in [3.8, 4) is 44.5 Å². The van der Waals surface area contributed by atoms with Crippen LogP contribution >= 0.6 is 31.7 Å². The van der Waals surface area contributed by atoms with Gasteiger partial charge in [0.15, 0.2) is 0 Å². The van der Waals surface area contributed by atoms with Crippen LogP contribution in [0.3, 0.4) is 0 Å². The Labute approximate surface area is 653 Å². The largest absolute Gasteiger partial charge is 2.00 e. The Morgan fingerprint density at radius 1 is 0.220 bits per heavy atom. The molecule has 12 aromatic rings. The van der Waals surface area contributed by atoms with Crippen molar-refractivity contribution in [2.24, 2.45) is 0 Å². The molecular weight excluding hydrogens is 1400 g/mol. The number of hydrogen-bond donors (Lipinski definition) is 0. The first-order chi connectivity index (χ1) is 47.3. The summed E-state index contributed by atoms with van der Waals surface area (Å²) in [5.41, 5.74) is 10.8. The number of hydrogen-bond acceptors (Lipinski definition) is 0. The van der Waals surface area contributed by atoms with E-state index >= 15 is 0 Å². The van der Waals surface area contributed by atoms with Crippen molar-refractivity contribution in [2.45, 2.75) is 158 Å². The summed E-state index contributed by atoms with van der Waals surface area (Å²) in [6.07, 6.45) is 32.5. The summed E-state index contributed by atoms with van der Waals surface area (Å²) in [6.45, 7) is 18.5. The van der Waals surface area contributed by atoms with Crippen LogP contribution in [0, 0.1) is 0 Å². The normalized spacial score (nSPS) is 11.0. The molecule has 0 radical (unpaired) electrons. The third-order valence-electron chi connectivity index (χ3n) is 19.0. The van der Waals surface area contributed by atoms with E-state index in [0.29, 0.717) is 0 Å². The molecule has 0 bridgehead atoms. The second kappa shape index (κ2) is 48.1. The maximum absolute atomic E-state index is 2.49. The van der Waals surface area contributed by atoms with Crippen molar-refractivity contribution in [1.82, 2.24) is 0 Å². The zero-order chi connectivity index (χ0) is 67.1. The molecule has 100 heavy (non-hydrogen) atoms. The summed E-state index contributed by atoms with van der Waals surface area (Å²) in [4.78, 5) is 0. The van der Waals surface area contributed by atoms with Crippen molar-refractivity contribution in [2.75, 3.05) is 49.3 Å². The summed E-state index contributed by atoms with van der Waals surface area (Å²) in [7, 11) is 0.0174. The Morgan fingerprint density at radius 2 is 0.390 bits per heavy atom. The van der Waals surface area contributed by atoms with Gasteiger partial charge in [0.2, 0.25) is 0 Å². The zero-order valence-electron chi connectivity index (χ0n) is 61.6. The van der Waals surface area contributed by atoms with Crippen LogP contribution in [0.25, 0.3) is 87.6 Å². The van der Waals surface area contributed by atoms with E-state index in [9.17, 15) is 0 Å². The minimum Gasteiger partial charge on any atom is -1.00 e. The molecule has 0 aliphatic rings. The molecule has 0 N–H and O–H groups in total. The maximum atomic E-state index is 2.49. The molecule has 0 fully saturated rings. The SMILES string of the molecule is CCCCP(CCCC)c1cc2c(-c3ccccc3)cccc2[cH-]1.CCCCP(CCCC)c1cc2c(-c3ccccc3)cccc2[cH-]1.CCCCP(CCCC)c1cc2c(-c3ccccc3)cccc2[cH-]1.CCCCP(CCCC)c1cc2c(-c3ccccc3)cccc2[cH-]1.[Cl-].[Cl-].[Ti+2].[Ti+2]. The number of unbranched alkanes of at least 4 members (excludes halogenated alkanes) is 8. The standard InChI is InChI=1S/4C23H28P.2ClH.2Ti/c4*1-3-5-15-24(16-6-4-2)21-17-20-13-10-14-22(23(20)18-21)19-11-8-7-9-12-19;;;;/h4*7-14,17-18H,3-6,15-16H2,1-2H3;2*1H;;/q4*-1;;;2*+2/p-2. The van der Waals surface area contributed by atoms with Crippen LogP contribution in [0.4, 0.5) is 0 Å². The minimum absolute atomic E-state index is 0. The molecule has 0 saturated carbocycles. The Balaban J connectivity index is 0.000000237. The fourth-order valence-corrected chi connectivity index (χ4v) is 24.4. The minimum atomic E-state index is 0. The Morgan fingerprint density at radius 3 is 0.550 bits per heavy atom. The molecule has 8 heteroatoms. The van der Waals surface area contributed by atoms with E-state index in [1.807, 2.05) is 0 Å². The van der Waals surface area contributed by atoms with E-state index in [1.165, 1.54) is 240 Å². The van der Waals surface area contributed by atoms with Gasteiger partial charge in [0, 0.05) is 0 Å². The Kier molecular flexibility index (Phi) is 41.7. The second-order valence-corrected chi connectivity index (χ2v) is 36.3. The first-order valence-corrected chi connectivity index (χ1v) is 44.2. The molecule has 0 nitrogen and oxygen atoms in total. The smallest absolute Gasteiger partial charge is 1.00 e. The molecule has 0 aliphatic heterocycles. The molecule has 0 heterocycles. The predicted molar refractivity (Wildman–Crippen MR) is 444 cm³/mol. The summed E-state index contributed by atoms with van der Waals surface area (Å²) >= 11 is 0. The van der Waals surface area contributed by atoms with Gasteiger partial charge in [-0.1, -0.05) is 306 Å². The number of fused-ring (bicyclic) bond motifs is 4. The summed E-state index contributed by atoms with van der Waals surface area (Å²) in [5.74, 6) is 0. The topological polar surface area (TPSA) is 0 Å². The third kappa shape index (κ3) is 25.1. The number of rotatable bonds is 32. The first-order valence-electron chi connectivity index (χ1n) is 37.3. The second-order valence-electron chi connectivity index (χ2n) is 26.3. The average Bonchev–Trinajstić information content (AvgIpc) is 1.67. The van der Waals surface area contributed by atoms with Gasteiger partial charge in [0.05, 0.1) is 0 Å². The number of benzene rings is 8. The fourth-order valence-electron chi connectivity index (χ4n) is 13.4. The molecular formula is C92H112Cl2P4Ti2-2. The monoisotopic (exact) mass is 1510 g/mol. The Hall–Kier alpha value is -4.07. The van der Waals surface area contributed by atoms with Crippen molar-refractivity contribution in [1.29, 1.82) is 0 Å². The molecule has 0 unspecified atom stereocenters. The zero-order valence-corrected chi connectivity index (χ0v) is 69.8. The van der Waals surface area contributed by atoms with Crippen LogP contribution in [0.2, 0.25) is 0 Å². The fraction of sp³-hybridized carbons (Fsp3) is 0.348. The van der Waals surface area contributed by atoms with Crippen LogP contribution in [0.5, 0.6) is 0 Å². The van der Waals surface area contributed by atoms with Crippen LogP contribution in [0.1, 0.15) is 158 Å². The van der Waals surface area contributed by atoms with Gasteiger partial charge >= 0.3 is 43.4 Å². The van der Waals surface area contributed by atoms with Gasteiger partial charge in [-0.2, -0.15) is 24.3 Å². The summed E-state index contributed by atoms with van der Waals surface area (Å²) < 4.78 is 0. The van der Waals surface area contributed by atoms with E-state index in [-0.39, 0.29) is 99.9 Å². The predicted octanol–water partition coefficient (Wildman–Crippen LogP) is 21.7. The summed E-state index contributed by atoms with van der Waals surface area (Å²) in [5, 5.41) is 17.8. The third-order valence-corrected chi connectivity index (χ3v) is 29.8. The number of halogens is 2. The van der Waals surface area contributed by atoms with Crippen LogP contribution in [-0.4, -0.2) is 49.3 Å². The molecule has 0 saturated heterocycles. The van der Waals surface area contributed by atoms with E-state index in [2.05, 4.69) is 298 Å². The van der Waals surface area contributed by atoms with E-state index in [4.69, 9.17) is 0 Å². The van der Waals surface area contributed by atoms with Crippen LogP contribution in [-0.2, 0) is 43.4 Å². The van der Waals surface area contributed by atoms with Crippen LogP contribution in [0.15, 0.2) is 243 Å². The van der Waals surface area contributed by atoms with E-state index in [1.54, 1.807) is 21.2 Å². The van der Waals surface area contributed by atoms with Gasteiger partial charge in [-0.05, 0) is 123 Å². The molecule has 0 amide bonds.